The van der Waals surface area contributed by atoms with E-state index in [0.29, 0.717) is 12.0 Å². The SMILES string of the molecule is COc1ccc2c(c1)C[C@H](C)N(C(=O)OC(C)(C)C)[C@@H]2c1ccccc1C(=O)O. The van der Waals surface area contributed by atoms with Crippen LogP contribution in [0.1, 0.15) is 60.8 Å². The van der Waals surface area contributed by atoms with E-state index in [9.17, 15) is 14.7 Å². The van der Waals surface area contributed by atoms with Crippen LogP contribution in [0.15, 0.2) is 42.5 Å². The van der Waals surface area contributed by atoms with E-state index in [4.69, 9.17) is 9.47 Å². The molecule has 2 aromatic carbocycles. The van der Waals surface area contributed by atoms with Crippen LogP contribution in [0.25, 0.3) is 0 Å². The lowest BCUT2D eigenvalue weighted by atomic mass is 9.83. The van der Waals surface area contributed by atoms with E-state index in [1.165, 1.54) is 0 Å². The minimum absolute atomic E-state index is 0.168. The van der Waals surface area contributed by atoms with E-state index in [-0.39, 0.29) is 11.6 Å². The summed E-state index contributed by atoms with van der Waals surface area (Å²) in [6, 6.07) is 11.7. The predicted octanol–water partition coefficient (Wildman–Crippen LogP) is 4.66. The summed E-state index contributed by atoms with van der Waals surface area (Å²) in [4.78, 5) is 26.7. The number of nitrogens with zero attached hydrogens (tertiary/aromatic N) is 1. The maximum absolute atomic E-state index is 13.2. The third kappa shape index (κ3) is 4.21. The third-order valence-electron chi connectivity index (χ3n) is 5.00. The Morgan fingerprint density at radius 1 is 1.10 bits per heavy atom. The van der Waals surface area contributed by atoms with Gasteiger partial charge in [0.05, 0.1) is 18.7 Å². The second-order valence-corrected chi connectivity index (χ2v) is 8.30. The van der Waals surface area contributed by atoms with Gasteiger partial charge in [-0.3, -0.25) is 4.90 Å². The van der Waals surface area contributed by atoms with Gasteiger partial charge in [-0.2, -0.15) is 0 Å². The van der Waals surface area contributed by atoms with Gasteiger partial charge in [0.25, 0.3) is 0 Å². The number of carboxylic acid groups (broad SMARTS) is 1. The summed E-state index contributed by atoms with van der Waals surface area (Å²) in [5.74, 6) is -0.301. The molecule has 0 radical (unpaired) electrons. The van der Waals surface area contributed by atoms with Gasteiger partial charge in [0, 0.05) is 6.04 Å². The minimum atomic E-state index is -1.03. The number of methoxy groups -OCH3 is 1. The number of carbonyl (C=O) groups is 2. The molecule has 0 saturated carbocycles. The van der Waals surface area contributed by atoms with Gasteiger partial charge >= 0.3 is 12.1 Å². The zero-order chi connectivity index (χ0) is 21.3. The first-order valence-electron chi connectivity index (χ1n) is 9.62. The molecule has 0 fully saturated rings. The van der Waals surface area contributed by atoms with Crippen molar-refractivity contribution in [3.63, 3.8) is 0 Å². The Labute approximate surface area is 171 Å². The van der Waals surface area contributed by atoms with Crippen LogP contribution in [-0.4, -0.2) is 40.8 Å². The van der Waals surface area contributed by atoms with Gasteiger partial charge < -0.3 is 14.6 Å². The molecule has 0 bridgehead atoms. The first-order valence-corrected chi connectivity index (χ1v) is 9.62. The van der Waals surface area contributed by atoms with Gasteiger partial charge in [-0.15, -0.1) is 0 Å². The van der Waals surface area contributed by atoms with Gasteiger partial charge in [-0.05, 0) is 69.0 Å². The van der Waals surface area contributed by atoms with E-state index < -0.39 is 23.7 Å². The summed E-state index contributed by atoms with van der Waals surface area (Å²) in [5.41, 5.74) is 1.98. The standard InChI is InChI=1S/C23H27NO5/c1-14-12-15-13-16(28-5)10-11-17(15)20(24(14)22(27)29-23(2,3)4)18-8-6-7-9-19(18)21(25)26/h6-11,13-14,20H,12H2,1-5H3,(H,25,26)/t14-,20-/m0/s1. The van der Waals surface area contributed by atoms with E-state index >= 15 is 0 Å². The summed E-state index contributed by atoms with van der Waals surface area (Å²) in [6.45, 7) is 7.40. The van der Waals surface area contributed by atoms with Crippen molar-refractivity contribution in [3.05, 3.63) is 64.7 Å². The Bertz CT molecular complexity index is 931. The molecule has 0 aromatic heterocycles. The molecule has 3 rings (SSSR count). The number of aromatic carboxylic acids is 1. The molecule has 0 aliphatic carbocycles. The number of hydrogen-bond donors (Lipinski definition) is 1. The van der Waals surface area contributed by atoms with E-state index in [2.05, 4.69) is 0 Å². The summed E-state index contributed by atoms with van der Waals surface area (Å²) in [6.07, 6.45) is 0.161. The molecular formula is C23H27NO5. The van der Waals surface area contributed by atoms with Crippen LogP contribution in [-0.2, 0) is 11.2 Å². The fourth-order valence-corrected chi connectivity index (χ4v) is 3.82. The lowest BCUT2D eigenvalue weighted by Gasteiger charge is -2.43. The molecule has 1 amide bonds. The molecule has 0 spiro atoms. The second kappa shape index (κ2) is 7.78. The molecule has 1 heterocycles. The fourth-order valence-electron chi connectivity index (χ4n) is 3.82. The van der Waals surface area contributed by atoms with Gasteiger partial charge in [-0.25, -0.2) is 9.59 Å². The highest BCUT2D eigenvalue weighted by Gasteiger charge is 2.40. The Morgan fingerprint density at radius 2 is 1.79 bits per heavy atom. The molecule has 0 saturated heterocycles. The molecule has 29 heavy (non-hydrogen) atoms. The van der Waals surface area contributed by atoms with E-state index in [0.717, 1.165) is 16.9 Å². The van der Waals surface area contributed by atoms with Crippen LogP contribution >= 0.6 is 0 Å². The molecule has 1 N–H and O–H groups in total. The molecule has 154 valence electrons. The van der Waals surface area contributed by atoms with E-state index in [1.54, 1.807) is 36.3 Å². The first-order chi connectivity index (χ1) is 13.6. The molecule has 6 nitrogen and oxygen atoms in total. The van der Waals surface area contributed by atoms with Crippen molar-refractivity contribution >= 4 is 12.1 Å². The maximum Gasteiger partial charge on any atom is 0.411 e. The van der Waals surface area contributed by atoms with Crippen LogP contribution < -0.4 is 4.74 Å². The van der Waals surface area contributed by atoms with Crippen molar-refractivity contribution in [2.24, 2.45) is 0 Å². The molecule has 1 aliphatic heterocycles. The third-order valence-corrected chi connectivity index (χ3v) is 5.00. The number of benzene rings is 2. The largest absolute Gasteiger partial charge is 0.497 e. The quantitative estimate of drug-likeness (QED) is 0.815. The van der Waals surface area contributed by atoms with Crippen LogP contribution in [0.3, 0.4) is 0 Å². The minimum Gasteiger partial charge on any atom is -0.497 e. The van der Waals surface area contributed by atoms with Crippen molar-refractivity contribution in [3.8, 4) is 5.75 Å². The lowest BCUT2D eigenvalue weighted by molar-refractivity contribution is 0.00786. The molecule has 6 heteroatoms. The van der Waals surface area contributed by atoms with Crippen LogP contribution in [0.5, 0.6) is 5.75 Å². The number of carboxylic acids is 1. The number of rotatable bonds is 3. The van der Waals surface area contributed by atoms with Crippen molar-refractivity contribution in [2.75, 3.05) is 7.11 Å². The summed E-state index contributed by atoms with van der Waals surface area (Å²) in [7, 11) is 1.61. The average molecular weight is 397 g/mol. The second-order valence-electron chi connectivity index (χ2n) is 8.30. The van der Waals surface area contributed by atoms with Crippen LogP contribution in [0, 0.1) is 0 Å². The Morgan fingerprint density at radius 3 is 2.41 bits per heavy atom. The average Bonchev–Trinajstić information content (AvgIpc) is 2.64. The molecular weight excluding hydrogens is 370 g/mol. The zero-order valence-electron chi connectivity index (χ0n) is 17.4. The van der Waals surface area contributed by atoms with Gasteiger partial charge in [0.15, 0.2) is 0 Å². The highest BCUT2D eigenvalue weighted by atomic mass is 16.6. The molecule has 2 aromatic rings. The summed E-state index contributed by atoms with van der Waals surface area (Å²) >= 11 is 0. The number of fused-ring (bicyclic) bond motifs is 1. The Kier molecular flexibility index (Phi) is 5.55. The Hall–Kier alpha value is -3.02. The van der Waals surface area contributed by atoms with Crippen molar-refractivity contribution in [1.29, 1.82) is 0 Å². The van der Waals surface area contributed by atoms with Gasteiger partial charge in [0.2, 0.25) is 0 Å². The maximum atomic E-state index is 13.2. The molecule has 0 unspecified atom stereocenters. The summed E-state index contributed by atoms with van der Waals surface area (Å²) in [5, 5.41) is 9.75. The fraction of sp³-hybridized carbons (Fsp3) is 0.391. The monoisotopic (exact) mass is 397 g/mol. The lowest BCUT2D eigenvalue weighted by Crippen LogP contribution is -2.48. The van der Waals surface area contributed by atoms with Gasteiger partial charge in [-0.1, -0.05) is 24.3 Å². The molecule has 2 atom stereocenters. The molecule has 1 aliphatic rings. The van der Waals surface area contributed by atoms with E-state index in [1.807, 2.05) is 45.9 Å². The number of carbonyl (C=O) groups excluding carboxylic acids is 1. The number of ether oxygens (including phenoxy) is 2. The van der Waals surface area contributed by atoms with Crippen LogP contribution in [0.2, 0.25) is 0 Å². The van der Waals surface area contributed by atoms with Crippen LogP contribution in [0.4, 0.5) is 4.79 Å². The predicted molar refractivity (Wildman–Crippen MR) is 109 cm³/mol. The highest BCUT2D eigenvalue weighted by molar-refractivity contribution is 5.90. The van der Waals surface area contributed by atoms with Crippen molar-refractivity contribution in [2.45, 2.75) is 51.8 Å². The topological polar surface area (TPSA) is 76.1 Å². The normalized spacial score (nSPS) is 18.7. The van der Waals surface area contributed by atoms with Crippen molar-refractivity contribution in [1.82, 2.24) is 4.90 Å². The van der Waals surface area contributed by atoms with Gasteiger partial charge in [0.1, 0.15) is 11.4 Å². The first kappa shape index (κ1) is 20.7. The zero-order valence-corrected chi connectivity index (χ0v) is 17.4. The summed E-state index contributed by atoms with van der Waals surface area (Å²) < 4.78 is 11.0. The number of hydrogen-bond acceptors (Lipinski definition) is 4. The van der Waals surface area contributed by atoms with Crippen molar-refractivity contribution < 1.29 is 24.2 Å². The highest BCUT2D eigenvalue weighted by Crippen LogP contribution is 2.41. The Balaban J connectivity index is 2.20. The smallest absolute Gasteiger partial charge is 0.411 e. The number of amides is 1.